The molecule has 0 bridgehead atoms. The normalized spacial score (nSPS) is 16.3. The molecule has 3 heteroatoms. The first-order valence-electron chi connectivity index (χ1n) is 5.04. The summed E-state index contributed by atoms with van der Waals surface area (Å²) >= 11 is 0. The van der Waals surface area contributed by atoms with Crippen molar-refractivity contribution < 1.29 is 8.42 Å². The lowest BCUT2D eigenvalue weighted by Crippen LogP contribution is -2.12. The molecule has 0 aliphatic heterocycles. The summed E-state index contributed by atoms with van der Waals surface area (Å²) in [5, 5.41) is -0.0991. The molecule has 15 heavy (non-hydrogen) atoms. The first-order chi connectivity index (χ1) is 7.09. The monoisotopic (exact) mass is 222 g/mol. The first-order valence-corrected chi connectivity index (χ1v) is 6.76. The fraction of sp³-hybridized carbons (Fsp3) is 0.333. The molecule has 0 spiro atoms. The molecule has 80 valence electrons. The Balaban J connectivity index is 2.10. The summed E-state index contributed by atoms with van der Waals surface area (Å²) in [4.78, 5) is 0. The van der Waals surface area contributed by atoms with E-state index in [9.17, 15) is 8.42 Å². The molecule has 0 radical (unpaired) electrons. The van der Waals surface area contributed by atoms with Crippen molar-refractivity contribution in [3.05, 3.63) is 42.5 Å². The van der Waals surface area contributed by atoms with Crippen molar-refractivity contribution >= 4 is 15.4 Å². The Morgan fingerprint density at radius 3 is 2.40 bits per heavy atom. The van der Waals surface area contributed by atoms with E-state index in [0.29, 0.717) is 5.57 Å². The van der Waals surface area contributed by atoms with Gasteiger partial charge >= 0.3 is 0 Å². The van der Waals surface area contributed by atoms with E-state index < -0.39 is 9.84 Å². The van der Waals surface area contributed by atoms with E-state index >= 15 is 0 Å². The number of sulfone groups is 1. The molecule has 0 atom stereocenters. The molecule has 1 saturated carbocycles. The second kappa shape index (κ2) is 3.81. The second-order valence-electron chi connectivity index (χ2n) is 3.98. The van der Waals surface area contributed by atoms with Crippen LogP contribution in [0.25, 0.3) is 5.57 Å². The number of hydrogen-bond acceptors (Lipinski definition) is 2. The van der Waals surface area contributed by atoms with Crippen molar-refractivity contribution in [3.8, 4) is 0 Å². The zero-order chi connectivity index (χ0) is 10.9. The third-order valence-electron chi connectivity index (χ3n) is 2.59. The SMILES string of the molecule is C=C(CS(=O)(=O)C1CC1)c1ccccc1. The van der Waals surface area contributed by atoms with E-state index in [2.05, 4.69) is 6.58 Å². The zero-order valence-corrected chi connectivity index (χ0v) is 9.33. The molecular formula is C12H14O2S. The summed E-state index contributed by atoms with van der Waals surface area (Å²) in [6, 6.07) is 9.48. The third-order valence-corrected chi connectivity index (χ3v) is 4.83. The molecule has 0 aromatic heterocycles. The Hall–Kier alpha value is -1.09. The Morgan fingerprint density at radius 1 is 1.27 bits per heavy atom. The summed E-state index contributed by atoms with van der Waals surface area (Å²) in [6.45, 7) is 3.84. The van der Waals surface area contributed by atoms with Crippen molar-refractivity contribution in [2.75, 3.05) is 5.75 Å². The molecule has 1 aliphatic rings. The van der Waals surface area contributed by atoms with E-state index in [0.717, 1.165) is 18.4 Å². The van der Waals surface area contributed by atoms with Crippen molar-refractivity contribution in [2.45, 2.75) is 18.1 Å². The van der Waals surface area contributed by atoms with Gasteiger partial charge in [0.1, 0.15) is 0 Å². The Kier molecular flexibility index (Phi) is 2.65. The quantitative estimate of drug-likeness (QED) is 0.783. The van der Waals surface area contributed by atoms with E-state index in [-0.39, 0.29) is 11.0 Å². The molecule has 0 amide bonds. The Labute approximate surface area is 90.6 Å². The maximum absolute atomic E-state index is 11.7. The highest BCUT2D eigenvalue weighted by molar-refractivity contribution is 7.92. The van der Waals surface area contributed by atoms with Gasteiger partial charge in [0.25, 0.3) is 0 Å². The molecule has 0 heterocycles. The van der Waals surface area contributed by atoms with Crippen LogP contribution in [0.1, 0.15) is 18.4 Å². The van der Waals surface area contributed by atoms with Gasteiger partial charge in [-0.2, -0.15) is 0 Å². The van der Waals surface area contributed by atoms with Crippen LogP contribution in [-0.2, 0) is 9.84 Å². The highest BCUT2D eigenvalue weighted by Gasteiger charge is 2.35. The lowest BCUT2D eigenvalue weighted by atomic mass is 10.1. The van der Waals surface area contributed by atoms with Crippen molar-refractivity contribution in [3.63, 3.8) is 0 Å². The van der Waals surface area contributed by atoms with Crippen LogP contribution < -0.4 is 0 Å². The molecule has 1 aromatic rings. The number of benzene rings is 1. The van der Waals surface area contributed by atoms with Crippen molar-refractivity contribution in [1.82, 2.24) is 0 Å². The molecule has 0 unspecified atom stereocenters. The van der Waals surface area contributed by atoms with Gasteiger partial charge in [-0.3, -0.25) is 0 Å². The number of rotatable bonds is 4. The summed E-state index contributed by atoms with van der Waals surface area (Å²) in [7, 11) is -2.93. The molecule has 1 fully saturated rings. The smallest absolute Gasteiger partial charge is 0.157 e. The fourth-order valence-corrected chi connectivity index (χ4v) is 3.29. The molecular weight excluding hydrogens is 208 g/mol. The van der Waals surface area contributed by atoms with Gasteiger partial charge in [0.05, 0.1) is 11.0 Å². The average molecular weight is 222 g/mol. The molecule has 2 nitrogen and oxygen atoms in total. The summed E-state index contributed by atoms with van der Waals surface area (Å²) in [5.74, 6) is 0.0989. The van der Waals surface area contributed by atoms with E-state index in [4.69, 9.17) is 0 Å². The van der Waals surface area contributed by atoms with Gasteiger partial charge in [0.2, 0.25) is 0 Å². The minimum Gasteiger partial charge on any atom is -0.228 e. The van der Waals surface area contributed by atoms with Crippen molar-refractivity contribution in [2.24, 2.45) is 0 Å². The third kappa shape index (κ3) is 2.48. The van der Waals surface area contributed by atoms with Crippen LogP contribution in [0.4, 0.5) is 0 Å². The lowest BCUT2D eigenvalue weighted by molar-refractivity contribution is 0.598. The molecule has 1 aliphatic carbocycles. The van der Waals surface area contributed by atoms with E-state index in [1.165, 1.54) is 0 Å². The van der Waals surface area contributed by atoms with Crippen LogP contribution in [-0.4, -0.2) is 19.4 Å². The van der Waals surface area contributed by atoms with Gasteiger partial charge in [-0.15, -0.1) is 0 Å². The molecule has 1 aromatic carbocycles. The predicted octanol–water partition coefficient (Wildman–Crippen LogP) is 2.28. The fourth-order valence-electron chi connectivity index (χ4n) is 1.55. The van der Waals surface area contributed by atoms with Crippen LogP contribution in [0.15, 0.2) is 36.9 Å². The van der Waals surface area contributed by atoms with E-state index in [1.54, 1.807) is 0 Å². The van der Waals surface area contributed by atoms with Crippen LogP contribution in [0, 0.1) is 0 Å². The minimum atomic E-state index is -2.93. The second-order valence-corrected chi connectivity index (χ2v) is 6.26. The Bertz CT molecular complexity index is 456. The predicted molar refractivity (Wildman–Crippen MR) is 62.3 cm³/mol. The highest BCUT2D eigenvalue weighted by Crippen LogP contribution is 2.31. The maximum Gasteiger partial charge on any atom is 0.157 e. The molecule has 0 N–H and O–H groups in total. The molecule has 0 saturated heterocycles. The van der Waals surface area contributed by atoms with Gasteiger partial charge in [-0.25, -0.2) is 8.42 Å². The Morgan fingerprint density at radius 2 is 1.87 bits per heavy atom. The highest BCUT2D eigenvalue weighted by atomic mass is 32.2. The minimum absolute atomic E-state index is 0.0989. The summed E-state index contributed by atoms with van der Waals surface area (Å²) < 4.78 is 23.4. The van der Waals surface area contributed by atoms with Crippen molar-refractivity contribution in [1.29, 1.82) is 0 Å². The maximum atomic E-state index is 11.7. The zero-order valence-electron chi connectivity index (χ0n) is 8.52. The van der Waals surface area contributed by atoms with Crippen LogP contribution in [0.2, 0.25) is 0 Å². The topological polar surface area (TPSA) is 34.1 Å². The summed E-state index contributed by atoms with van der Waals surface area (Å²) in [6.07, 6.45) is 1.65. The van der Waals surface area contributed by atoms with Gasteiger partial charge < -0.3 is 0 Å². The van der Waals surface area contributed by atoms with Gasteiger partial charge in [-0.1, -0.05) is 36.9 Å². The lowest BCUT2D eigenvalue weighted by Gasteiger charge is -2.06. The average Bonchev–Trinajstić information content (AvgIpc) is 3.01. The van der Waals surface area contributed by atoms with Crippen LogP contribution in [0.5, 0.6) is 0 Å². The van der Waals surface area contributed by atoms with Gasteiger partial charge in [0, 0.05) is 0 Å². The van der Waals surface area contributed by atoms with Gasteiger partial charge in [0.15, 0.2) is 9.84 Å². The summed E-state index contributed by atoms with van der Waals surface area (Å²) in [5.41, 5.74) is 1.62. The van der Waals surface area contributed by atoms with Crippen LogP contribution in [0.3, 0.4) is 0 Å². The van der Waals surface area contributed by atoms with Gasteiger partial charge in [-0.05, 0) is 24.0 Å². The van der Waals surface area contributed by atoms with Crippen LogP contribution >= 0.6 is 0 Å². The largest absolute Gasteiger partial charge is 0.228 e. The van der Waals surface area contributed by atoms with E-state index in [1.807, 2.05) is 30.3 Å². The first kappa shape index (κ1) is 10.4. The number of hydrogen-bond donors (Lipinski definition) is 0. The molecule has 2 rings (SSSR count). The standard InChI is InChI=1S/C12H14O2S/c1-10(11-5-3-2-4-6-11)9-15(13,14)12-7-8-12/h2-6,12H,1,7-9H2.